The molecule has 4 heteroatoms. The lowest BCUT2D eigenvalue weighted by Gasteiger charge is -2.23. The molecule has 0 aliphatic heterocycles. The predicted molar refractivity (Wildman–Crippen MR) is 70.8 cm³/mol. The van der Waals surface area contributed by atoms with Gasteiger partial charge in [0.1, 0.15) is 6.07 Å². The maximum atomic E-state index is 10.2. The van der Waals surface area contributed by atoms with Crippen molar-refractivity contribution in [1.82, 2.24) is 0 Å². The zero-order valence-corrected chi connectivity index (χ0v) is 11.1. The summed E-state index contributed by atoms with van der Waals surface area (Å²) >= 11 is 3.35. The van der Waals surface area contributed by atoms with Gasteiger partial charge in [-0.15, -0.1) is 0 Å². The van der Waals surface area contributed by atoms with Crippen molar-refractivity contribution in [2.75, 3.05) is 11.9 Å². The van der Waals surface area contributed by atoms with Crippen molar-refractivity contribution in [3.63, 3.8) is 0 Å². The zero-order valence-electron chi connectivity index (χ0n) is 9.54. The highest BCUT2D eigenvalue weighted by molar-refractivity contribution is 9.10. The van der Waals surface area contributed by atoms with Gasteiger partial charge in [-0.25, -0.2) is 0 Å². The van der Waals surface area contributed by atoms with E-state index < -0.39 is 5.60 Å². The molecule has 0 spiro atoms. The first-order valence-electron chi connectivity index (χ1n) is 5.79. The minimum Gasteiger partial charge on any atom is -0.388 e. The van der Waals surface area contributed by atoms with Crippen LogP contribution in [0.3, 0.4) is 0 Å². The van der Waals surface area contributed by atoms with Gasteiger partial charge in [0.15, 0.2) is 0 Å². The second-order valence-corrected chi connectivity index (χ2v) is 5.41. The molecule has 0 aromatic heterocycles. The highest BCUT2D eigenvalue weighted by Gasteiger charge is 2.30. The second-order valence-electron chi connectivity index (χ2n) is 4.56. The van der Waals surface area contributed by atoms with E-state index in [-0.39, 0.29) is 0 Å². The van der Waals surface area contributed by atoms with Crippen molar-refractivity contribution in [1.29, 1.82) is 5.26 Å². The average Bonchev–Trinajstić information content (AvgIpc) is 2.74. The molecule has 1 fully saturated rings. The lowest BCUT2D eigenvalue weighted by molar-refractivity contribution is 0.0615. The van der Waals surface area contributed by atoms with Crippen molar-refractivity contribution in [2.45, 2.75) is 31.3 Å². The van der Waals surface area contributed by atoms with Gasteiger partial charge in [-0.2, -0.15) is 5.26 Å². The lowest BCUT2D eigenvalue weighted by atomic mass is 10.0. The Morgan fingerprint density at radius 3 is 2.76 bits per heavy atom. The standard InChI is InChI=1S/C13H15BrN2O/c14-11-4-3-5-12(10(11)8-15)16-9-13(17)6-1-2-7-13/h3-5,16-17H,1-2,6-7,9H2. The molecule has 3 nitrogen and oxygen atoms in total. The van der Waals surface area contributed by atoms with Crippen LogP contribution in [0.1, 0.15) is 31.2 Å². The molecular weight excluding hydrogens is 280 g/mol. The van der Waals surface area contributed by atoms with Crippen LogP contribution in [-0.2, 0) is 0 Å². The van der Waals surface area contributed by atoms with Crippen LogP contribution in [0.2, 0.25) is 0 Å². The first-order chi connectivity index (χ1) is 8.14. The first-order valence-corrected chi connectivity index (χ1v) is 6.59. The number of hydrogen-bond acceptors (Lipinski definition) is 3. The van der Waals surface area contributed by atoms with Gasteiger partial charge in [-0.1, -0.05) is 18.9 Å². The third kappa shape index (κ3) is 2.80. The van der Waals surface area contributed by atoms with Crippen molar-refractivity contribution < 1.29 is 5.11 Å². The average molecular weight is 295 g/mol. The van der Waals surface area contributed by atoms with Gasteiger partial charge in [0.05, 0.1) is 16.9 Å². The Balaban J connectivity index is 2.09. The quantitative estimate of drug-likeness (QED) is 0.901. The molecular formula is C13H15BrN2O. The molecule has 0 radical (unpaired) electrons. The molecule has 1 aliphatic carbocycles. The number of anilines is 1. The Morgan fingerprint density at radius 2 is 2.12 bits per heavy atom. The molecule has 1 aromatic rings. The third-order valence-corrected chi connectivity index (χ3v) is 3.93. The summed E-state index contributed by atoms with van der Waals surface area (Å²) in [6.45, 7) is 0.512. The number of hydrogen-bond donors (Lipinski definition) is 2. The number of nitriles is 1. The molecule has 0 heterocycles. The maximum absolute atomic E-state index is 10.2. The fourth-order valence-electron chi connectivity index (χ4n) is 2.25. The van der Waals surface area contributed by atoms with E-state index in [1.165, 1.54) is 0 Å². The smallest absolute Gasteiger partial charge is 0.103 e. The molecule has 2 rings (SSSR count). The van der Waals surface area contributed by atoms with Crippen LogP contribution in [0.15, 0.2) is 22.7 Å². The van der Waals surface area contributed by atoms with Crippen LogP contribution in [0.5, 0.6) is 0 Å². The molecule has 90 valence electrons. The molecule has 17 heavy (non-hydrogen) atoms. The van der Waals surface area contributed by atoms with Crippen LogP contribution in [0, 0.1) is 11.3 Å². The second kappa shape index (κ2) is 5.07. The Kier molecular flexibility index (Phi) is 3.70. The van der Waals surface area contributed by atoms with Crippen LogP contribution >= 0.6 is 15.9 Å². The summed E-state index contributed by atoms with van der Waals surface area (Å²) in [7, 11) is 0. The molecule has 0 amide bonds. The van der Waals surface area contributed by atoms with Gasteiger partial charge in [-0.3, -0.25) is 0 Å². The normalized spacial score (nSPS) is 17.7. The molecule has 0 saturated heterocycles. The number of rotatable bonds is 3. The van der Waals surface area contributed by atoms with Gasteiger partial charge in [0.25, 0.3) is 0 Å². The van der Waals surface area contributed by atoms with E-state index in [9.17, 15) is 5.11 Å². The summed E-state index contributed by atoms with van der Waals surface area (Å²) in [5, 5.41) is 22.5. The van der Waals surface area contributed by atoms with Crippen molar-refractivity contribution >= 4 is 21.6 Å². The maximum Gasteiger partial charge on any atom is 0.103 e. The van der Waals surface area contributed by atoms with E-state index in [1.54, 1.807) is 0 Å². The summed E-state index contributed by atoms with van der Waals surface area (Å²) in [6.07, 6.45) is 3.86. The molecule has 2 N–H and O–H groups in total. The summed E-state index contributed by atoms with van der Waals surface area (Å²) < 4.78 is 0.781. The van der Waals surface area contributed by atoms with Crippen LogP contribution in [0.4, 0.5) is 5.69 Å². The first kappa shape index (κ1) is 12.4. The van der Waals surface area contributed by atoms with Gasteiger partial charge in [0, 0.05) is 11.0 Å². The molecule has 0 bridgehead atoms. The summed E-state index contributed by atoms with van der Waals surface area (Å²) in [6, 6.07) is 7.75. The van der Waals surface area contributed by atoms with Crippen LogP contribution in [-0.4, -0.2) is 17.3 Å². The molecule has 0 unspecified atom stereocenters. The van der Waals surface area contributed by atoms with Crippen molar-refractivity contribution in [3.8, 4) is 6.07 Å². The number of nitrogens with zero attached hydrogens (tertiary/aromatic N) is 1. The minimum absolute atomic E-state index is 0.512. The van der Waals surface area contributed by atoms with Gasteiger partial charge >= 0.3 is 0 Å². The van der Waals surface area contributed by atoms with Crippen LogP contribution in [0.25, 0.3) is 0 Å². The topological polar surface area (TPSA) is 56.0 Å². The number of benzene rings is 1. The largest absolute Gasteiger partial charge is 0.388 e. The van der Waals surface area contributed by atoms with Crippen molar-refractivity contribution in [2.24, 2.45) is 0 Å². The van der Waals surface area contributed by atoms with Crippen molar-refractivity contribution in [3.05, 3.63) is 28.2 Å². The molecule has 0 atom stereocenters. The summed E-state index contributed by atoms with van der Waals surface area (Å²) in [4.78, 5) is 0. The minimum atomic E-state index is -0.602. The SMILES string of the molecule is N#Cc1c(Br)cccc1NCC1(O)CCCC1. The van der Waals surface area contributed by atoms with Gasteiger partial charge in [-0.05, 0) is 40.9 Å². The Labute approximate surface area is 110 Å². The third-order valence-electron chi connectivity index (χ3n) is 3.27. The summed E-state index contributed by atoms with van der Waals surface area (Å²) in [5.41, 5.74) is 0.769. The fraction of sp³-hybridized carbons (Fsp3) is 0.462. The highest BCUT2D eigenvalue weighted by atomic mass is 79.9. The highest BCUT2D eigenvalue weighted by Crippen LogP contribution is 2.30. The van der Waals surface area contributed by atoms with E-state index >= 15 is 0 Å². The Morgan fingerprint density at radius 1 is 1.41 bits per heavy atom. The van der Waals surface area contributed by atoms with E-state index in [0.717, 1.165) is 35.8 Å². The molecule has 1 aliphatic rings. The van der Waals surface area contributed by atoms with E-state index in [2.05, 4.69) is 27.3 Å². The zero-order chi connectivity index (χ0) is 12.3. The van der Waals surface area contributed by atoms with E-state index in [0.29, 0.717) is 12.1 Å². The van der Waals surface area contributed by atoms with E-state index in [1.807, 2.05) is 18.2 Å². The van der Waals surface area contributed by atoms with E-state index in [4.69, 9.17) is 5.26 Å². The van der Waals surface area contributed by atoms with Gasteiger partial charge in [0.2, 0.25) is 0 Å². The predicted octanol–water partition coefficient (Wildman–Crippen LogP) is 3.04. The fourth-order valence-corrected chi connectivity index (χ4v) is 2.71. The number of halogens is 1. The molecule has 1 saturated carbocycles. The van der Waals surface area contributed by atoms with Gasteiger partial charge < -0.3 is 10.4 Å². The number of aliphatic hydroxyl groups is 1. The van der Waals surface area contributed by atoms with Crippen LogP contribution < -0.4 is 5.32 Å². The summed E-state index contributed by atoms with van der Waals surface area (Å²) in [5.74, 6) is 0. The Bertz CT molecular complexity index is 447. The lowest BCUT2D eigenvalue weighted by Crippen LogP contribution is -2.33. The monoisotopic (exact) mass is 294 g/mol. The Hall–Kier alpha value is -1.05. The number of nitrogens with one attached hydrogen (secondary N) is 1. The molecule has 1 aromatic carbocycles.